The van der Waals surface area contributed by atoms with E-state index in [9.17, 15) is 9.90 Å². The molecule has 4 nitrogen and oxygen atoms in total. The van der Waals surface area contributed by atoms with Crippen molar-refractivity contribution in [3.8, 4) is 5.75 Å². The molecule has 0 aliphatic rings. The van der Waals surface area contributed by atoms with Gasteiger partial charge in [-0.05, 0) is 28.5 Å². The number of benzene rings is 2. The van der Waals surface area contributed by atoms with E-state index in [-0.39, 0.29) is 0 Å². The van der Waals surface area contributed by atoms with Crippen LogP contribution in [-0.4, -0.2) is 32.3 Å². The van der Waals surface area contributed by atoms with Crippen LogP contribution in [0.3, 0.4) is 0 Å². The largest absolute Gasteiger partial charge is 0.496 e. The van der Waals surface area contributed by atoms with Crippen molar-refractivity contribution in [2.45, 2.75) is 5.92 Å². The van der Waals surface area contributed by atoms with Crippen LogP contribution in [0.5, 0.6) is 5.75 Å². The fourth-order valence-corrected chi connectivity index (χ4v) is 3.86. The molecule has 0 aliphatic carbocycles. The van der Waals surface area contributed by atoms with E-state index in [1.165, 1.54) is 0 Å². The Balaban J connectivity index is 2.18. The predicted octanol–water partition coefficient (Wildman–Crippen LogP) is 4.19. The molecule has 0 saturated carbocycles. The number of anilines is 1. The molecule has 0 radical (unpaired) electrons. The molecule has 5 heteroatoms. The lowest BCUT2D eigenvalue weighted by molar-refractivity contribution is -0.137. The summed E-state index contributed by atoms with van der Waals surface area (Å²) in [5.41, 5.74) is 2.44. The van der Waals surface area contributed by atoms with Crippen molar-refractivity contribution in [1.82, 2.24) is 0 Å². The van der Waals surface area contributed by atoms with Gasteiger partial charge in [0, 0.05) is 36.1 Å². The van der Waals surface area contributed by atoms with Crippen LogP contribution in [0.25, 0.3) is 10.1 Å². The maximum absolute atomic E-state index is 12.1. The van der Waals surface area contributed by atoms with Gasteiger partial charge in [-0.2, -0.15) is 0 Å². The van der Waals surface area contributed by atoms with Crippen LogP contribution < -0.4 is 9.64 Å². The molecule has 0 saturated heterocycles. The summed E-state index contributed by atoms with van der Waals surface area (Å²) in [6, 6.07) is 13.5. The van der Waals surface area contributed by atoms with Gasteiger partial charge in [-0.25, -0.2) is 0 Å². The highest BCUT2D eigenvalue weighted by Gasteiger charge is 2.28. The van der Waals surface area contributed by atoms with Gasteiger partial charge in [0.05, 0.1) is 7.11 Å². The lowest BCUT2D eigenvalue weighted by Gasteiger charge is -2.19. The van der Waals surface area contributed by atoms with Crippen molar-refractivity contribution in [2.75, 3.05) is 26.1 Å². The summed E-state index contributed by atoms with van der Waals surface area (Å²) in [4.78, 5) is 14.0. The summed E-state index contributed by atoms with van der Waals surface area (Å²) < 4.78 is 6.58. The minimum atomic E-state index is -0.880. The Bertz CT molecular complexity index is 885. The normalized spacial score (nSPS) is 12.1. The topological polar surface area (TPSA) is 49.8 Å². The van der Waals surface area contributed by atoms with E-state index in [1.54, 1.807) is 18.4 Å². The van der Waals surface area contributed by atoms with E-state index in [1.807, 2.05) is 66.8 Å². The van der Waals surface area contributed by atoms with Crippen molar-refractivity contribution in [3.63, 3.8) is 0 Å². The lowest BCUT2D eigenvalue weighted by Crippen LogP contribution is -2.15. The van der Waals surface area contributed by atoms with Gasteiger partial charge in [0.1, 0.15) is 11.7 Å². The number of carboxylic acids is 1. The van der Waals surface area contributed by atoms with Gasteiger partial charge >= 0.3 is 5.97 Å². The third kappa shape index (κ3) is 2.83. The van der Waals surface area contributed by atoms with Crippen LogP contribution in [-0.2, 0) is 4.79 Å². The zero-order valence-corrected chi connectivity index (χ0v) is 14.6. The number of thiophene rings is 1. The molecule has 0 spiro atoms. The van der Waals surface area contributed by atoms with E-state index in [0.717, 1.165) is 21.3 Å². The number of carboxylic acid groups (broad SMARTS) is 1. The predicted molar refractivity (Wildman–Crippen MR) is 98.6 cm³/mol. The summed E-state index contributed by atoms with van der Waals surface area (Å²) in [5.74, 6) is -1.05. The molecule has 24 heavy (non-hydrogen) atoms. The Morgan fingerprint density at radius 1 is 1.17 bits per heavy atom. The van der Waals surface area contributed by atoms with Crippen molar-refractivity contribution in [1.29, 1.82) is 0 Å². The highest BCUT2D eigenvalue weighted by Crippen LogP contribution is 2.39. The first-order chi connectivity index (χ1) is 11.5. The quantitative estimate of drug-likeness (QED) is 0.756. The van der Waals surface area contributed by atoms with E-state index < -0.39 is 11.9 Å². The summed E-state index contributed by atoms with van der Waals surface area (Å²) in [7, 11) is 5.45. The number of methoxy groups -OCH3 is 1. The fourth-order valence-electron chi connectivity index (χ4n) is 2.87. The summed E-state index contributed by atoms with van der Waals surface area (Å²) >= 11 is 1.56. The second-order valence-corrected chi connectivity index (χ2v) is 6.69. The molecule has 3 rings (SSSR count). The second-order valence-electron chi connectivity index (χ2n) is 5.78. The molecular weight excluding hydrogens is 322 g/mol. The van der Waals surface area contributed by atoms with Crippen LogP contribution >= 0.6 is 11.3 Å². The first-order valence-electron chi connectivity index (χ1n) is 7.57. The maximum Gasteiger partial charge on any atom is 0.315 e. The van der Waals surface area contributed by atoms with Gasteiger partial charge in [-0.1, -0.05) is 24.3 Å². The number of carbonyl (C=O) groups is 1. The van der Waals surface area contributed by atoms with Crippen LogP contribution in [0.15, 0.2) is 47.8 Å². The van der Waals surface area contributed by atoms with Crippen molar-refractivity contribution in [2.24, 2.45) is 0 Å². The third-order valence-corrected chi connectivity index (χ3v) is 5.10. The maximum atomic E-state index is 12.1. The fraction of sp³-hybridized carbons (Fsp3) is 0.211. The smallest absolute Gasteiger partial charge is 0.315 e. The van der Waals surface area contributed by atoms with E-state index in [4.69, 9.17) is 4.74 Å². The highest BCUT2D eigenvalue weighted by atomic mass is 32.1. The summed E-state index contributed by atoms with van der Waals surface area (Å²) in [5, 5.41) is 12.8. The first-order valence-corrected chi connectivity index (χ1v) is 8.45. The molecule has 1 N–H and O–H groups in total. The van der Waals surface area contributed by atoms with Crippen molar-refractivity contribution in [3.05, 3.63) is 59.0 Å². The van der Waals surface area contributed by atoms with Crippen molar-refractivity contribution >= 4 is 33.1 Å². The zero-order valence-electron chi connectivity index (χ0n) is 13.8. The number of rotatable bonds is 5. The minimum absolute atomic E-state index is 0.587. The van der Waals surface area contributed by atoms with Crippen LogP contribution in [0.2, 0.25) is 0 Å². The Labute approximate surface area is 144 Å². The van der Waals surface area contributed by atoms with E-state index >= 15 is 0 Å². The third-order valence-electron chi connectivity index (χ3n) is 4.11. The molecule has 0 amide bonds. The molecule has 1 atom stereocenters. The Kier molecular flexibility index (Phi) is 4.44. The monoisotopic (exact) mass is 341 g/mol. The molecule has 3 aromatic rings. The van der Waals surface area contributed by atoms with Gasteiger partial charge < -0.3 is 14.7 Å². The van der Waals surface area contributed by atoms with Crippen LogP contribution in [0.4, 0.5) is 5.69 Å². The Morgan fingerprint density at radius 3 is 2.58 bits per heavy atom. The average molecular weight is 341 g/mol. The van der Waals surface area contributed by atoms with Crippen LogP contribution in [0, 0.1) is 0 Å². The van der Waals surface area contributed by atoms with Gasteiger partial charge in [0.15, 0.2) is 0 Å². The number of nitrogens with zero attached hydrogens (tertiary/aromatic N) is 1. The SMILES string of the molecule is COc1cc(N(C)C)ccc1C(C(=O)O)c1csc2ccccc12. The molecule has 1 unspecified atom stereocenters. The number of ether oxygens (including phenoxy) is 1. The number of hydrogen-bond donors (Lipinski definition) is 1. The minimum Gasteiger partial charge on any atom is -0.496 e. The van der Waals surface area contributed by atoms with Gasteiger partial charge in [0.2, 0.25) is 0 Å². The van der Waals surface area contributed by atoms with Gasteiger partial charge in [-0.15, -0.1) is 11.3 Å². The zero-order chi connectivity index (χ0) is 17.3. The molecule has 2 aromatic carbocycles. The lowest BCUT2D eigenvalue weighted by atomic mass is 9.90. The molecular formula is C19H19NO3S. The number of fused-ring (bicyclic) bond motifs is 1. The average Bonchev–Trinajstić information content (AvgIpc) is 2.99. The first kappa shape index (κ1) is 16.3. The second kappa shape index (κ2) is 6.53. The molecule has 0 fully saturated rings. The highest BCUT2D eigenvalue weighted by molar-refractivity contribution is 7.17. The Hall–Kier alpha value is -2.53. The molecule has 1 heterocycles. The number of aliphatic carboxylic acids is 1. The van der Waals surface area contributed by atoms with Crippen LogP contribution in [0.1, 0.15) is 17.0 Å². The molecule has 0 aliphatic heterocycles. The van der Waals surface area contributed by atoms with Gasteiger partial charge in [-0.3, -0.25) is 4.79 Å². The van der Waals surface area contributed by atoms with Gasteiger partial charge in [0.25, 0.3) is 0 Å². The molecule has 0 bridgehead atoms. The summed E-state index contributed by atoms with van der Waals surface area (Å²) in [6.07, 6.45) is 0. The molecule has 124 valence electrons. The van der Waals surface area contributed by atoms with Crippen molar-refractivity contribution < 1.29 is 14.6 Å². The van der Waals surface area contributed by atoms with E-state index in [0.29, 0.717) is 11.3 Å². The number of hydrogen-bond acceptors (Lipinski definition) is 4. The van der Waals surface area contributed by atoms with E-state index in [2.05, 4.69) is 0 Å². The standard InChI is InChI=1S/C19H19NO3S/c1-20(2)12-8-9-14(16(10-12)23-3)18(19(21)22)15-11-24-17-7-5-4-6-13(15)17/h4-11,18H,1-3H3,(H,21,22). The molecule has 1 aromatic heterocycles. The Morgan fingerprint density at radius 2 is 1.92 bits per heavy atom. The summed E-state index contributed by atoms with van der Waals surface area (Å²) in [6.45, 7) is 0.